The number of hydrogen-bond donors (Lipinski definition) is 1. The smallest absolute Gasteiger partial charge is 0.181 e. The van der Waals surface area contributed by atoms with Crippen molar-refractivity contribution in [2.24, 2.45) is 0 Å². The van der Waals surface area contributed by atoms with E-state index in [1.807, 2.05) is 25.1 Å². The van der Waals surface area contributed by atoms with Crippen LogP contribution >= 0.6 is 22.9 Å². The summed E-state index contributed by atoms with van der Waals surface area (Å²) in [6.07, 6.45) is -0.0108. The predicted octanol–water partition coefficient (Wildman–Crippen LogP) is 6.16. The molecule has 0 spiro atoms. The highest BCUT2D eigenvalue weighted by Gasteiger charge is 2.21. The Hall–Kier alpha value is -3.46. The van der Waals surface area contributed by atoms with Gasteiger partial charge in [-0.15, -0.1) is 11.3 Å². The number of aliphatic hydroxyl groups excluding tert-OH is 1. The van der Waals surface area contributed by atoms with Crippen LogP contribution in [0.1, 0.15) is 39.3 Å². The summed E-state index contributed by atoms with van der Waals surface area (Å²) in [6.45, 7) is 1.99. The number of ketones is 2. The van der Waals surface area contributed by atoms with Gasteiger partial charge in [0.15, 0.2) is 23.1 Å². The third-order valence-electron chi connectivity index (χ3n) is 5.88. The number of pyridine rings is 1. The number of benzene rings is 2. The zero-order chi connectivity index (χ0) is 26.5. The number of thiophene rings is 1. The molecule has 37 heavy (non-hydrogen) atoms. The molecule has 0 aliphatic heterocycles. The number of Topliss-reactive ketones (excluding diaryl/α,β-unsaturated/α-hetero) is 2. The Morgan fingerprint density at radius 3 is 2.43 bits per heavy atom. The first-order valence-corrected chi connectivity index (χ1v) is 12.8. The van der Waals surface area contributed by atoms with Crippen molar-refractivity contribution in [3.63, 3.8) is 0 Å². The molecule has 9 heteroatoms. The number of fused-ring (bicyclic) bond motifs is 1. The average Bonchev–Trinajstić information content (AvgIpc) is 3.26. The Morgan fingerprint density at radius 2 is 1.70 bits per heavy atom. The van der Waals surface area contributed by atoms with Gasteiger partial charge in [0.25, 0.3) is 0 Å². The van der Waals surface area contributed by atoms with Gasteiger partial charge in [0.05, 0.1) is 20.8 Å². The van der Waals surface area contributed by atoms with Crippen molar-refractivity contribution in [1.29, 1.82) is 0 Å². The van der Waals surface area contributed by atoms with Crippen LogP contribution in [0.4, 0.5) is 0 Å². The maximum Gasteiger partial charge on any atom is 0.181 e. The van der Waals surface area contributed by atoms with Crippen molar-refractivity contribution in [3.05, 3.63) is 69.7 Å². The molecule has 0 unspecified atom stereocenters. The molecule has 4 rings (SSSR count). The summed E-state index contributed by atoms with van der Waals surface area (Å²) in [6, 6.07) is 14.0. The number of aryl methyl sites for hydroxylation is 1. The minimum absolute atomic E-state index is 0.00318. The van der Waals surface area contributed by atoms with E-state index in [4.69, 9.17) is 30.9 Å². The van der Waals surface area contributed by atoms with E-state index in [9.17, 15) is 9.59 Å². The fourth-order valence-electron chi connectivity index (χ4n) is 4.01. The Balaban J connectivity index is 1.55. The highest BCUT2D eigenvalue weighted by molar-refractivity contribution is 7.23. The molecular weight excluding hydrogens is 514 g/mol. The number of carbonyl (C=O) groups is 2. The van der Waals surface area contributed by atoms with Gasteiger partial charge in [-0.1, -0.05) is 29.8 Å². The lowest BCUT2D eigenvalue weighted by Gasteiger charge is -2.11. The van der Waals surface area contributed by atoms with Crippen molar-refractivity contribution in [1.82, 2.24) is 4.98 Å². The van der Waals surface area contributed by atoms with E-state index in [-0.39, 0.29) is 43.3 Å². The Bertz CT molecular complexity index is 1460. The van der Waals surface area contributed by atoms with Gasteiger partial charge in [-0.2, -0.15) is 0 Å². The van der Waals surface area contributed by atoms with E-state index in [0.717, 1.165) is 21.2 Å². The third-order valence-corrected chi connectivity index (χ3v) is 7.43. The molecule has 2 aromatic heterocycles. The zero-order valence-corrected chi connectivity index (χ0v) is 22.2. The first-order chi connectivity index (χ1) is 17.9. The number of ether oxygens (including phenoxy) is 3. The minimum atomic E-state index is -0.265. The third kappa shape index (κ3) is 5.61. The summed E-state index contributed by atoms with van der Waals surface area (Å²) < 4.78 is 17.8. The zero-order valence-electron chi connectivity index (χ0n) is 20.7. The van der Waals surface area contributed by atoms with Crippen molar-refractivity contribution in [2.75, 3.05) is 27.4 Å². The Labute approximate surface area is 223 Å². The van der Waals surface area contributed by atoms with Crippen LogP contribution in [0.25, 0.3) is 21.3 Å². The van der Waals surface area contributed by atoms with Gasteiger partial charge < -0.3 is 19.3 Å². The summed E-state index contributed by atoms with van der Waals surface area (Å²) in [5.41, 5.74) is 2.95. The Kier molecular flexibility index (Phi) is 8.43. The number of rotatable bonds is 11. The van der Waals surface area contributed by atoms with Crippen molar-refractivity contribution in [3.8, 4) is 28.5 Å². The van der Waals surface area contributed by atoms with Crippen molar-refractivity contribution >= 4 is 44.6 Å². The first kappa shape index (κ1) is 26.6. The van der Waals surface area contributed by atoms with Gasteiger partial charge in [0.1, 0.15) is 28.1 Å². The molecule has 1 N–H and O–H groups in total. The maximum atomic E-state index is 13.0. The van der Waals surface area contributed by atoms with Crippen LogP contribution in [0.15, 0.2) is 48.5 Å². The molecule has 7 nitrogen and oxygen atoms in total. The molecule has 0 atom stereocenters. The van der Waals surface area contributed by atoms with Crippen LogP contribution in [0.5, 0.6) is 17.2 Å². The highest BCUT2D eigenvalue weighted by Crippen LogP contribution is 2.45. The van der Waals surface area contributed by atoms with E-state index in [1.54, 1.807) is 37.4 Å². The molecule has 0 bridgehead atoms. The van der Waals surface area contributed by atoms with Gasteiger partial charge >= 0.3 is 0 Å². The SMILES string of the molecule is COc1cc(C(=O)CCC(=O)c2ccc(OC)c(-c3c(Cl)sc4c(C)cccc34)n2)ccc1OCCO. The van der Waals surface area contributed by atoms with Gasteiger partial charge in [-0.3, -0.25) is 9.59 Å². The van der Waals surface area contributed by atoms with Crippen LogP contribution in [0.2, 0.25) is 4.34 Å². The molecular formula is C28H26ClNO6S. The van der Waals surface area contributed by atoms with E-state index in [2.05, 4.69) is 4.98 Å². The summed E-state index contributed by atoms with van der Waals surface area (Å²) in [5, 5.41) is 9.90. The van der Waals surface area contributed by atoms with E-state index in [0.29, 0.717) is 32.8 Å². The Morgan fingerprint density at radius 1 is 0.973 bits per heavy atom. The second kappa shape index (κ2) is 11.7. The second-order valence-corrected chi connectivity index (χ2v) is 9.86. The second-order valence-electron chi connectivity index (χ2n) is 8.23. The van der Waals surface area contributed by atoms with E-state index >= 15 is 0 Å². The number of aromatic nitrogens is 1. The highest BCUT2D eigenvalue weighted by atomic mass is 35.5. The fraction of sp³-hybridized carbons (Fsp3) is 0.250. The van der Waals surface area contributed by atoms with Crippen LogP contribution in [0.3, 0.4) is 0 Å². The minimum Gasteiger partial charge on any atom is -0.494 e. The van der Waals surface area contributed by atoms with Crippen molar-refractivity contribution < 1.29 is 28.9 Å². The molecule has 0 aliphatic carbocycles. The van der Waals surface area contributed by atoms with Gasteiger partial charge in [-0.05, 0) is 42.8 Å². The normalized spacial score (nSPS) is 10.9. The quantitative estimate of drug-likeness (QED) is 0.228. The molecule has 192 valence electrons. The van der Waals surface area contributed by atoms with Gasteiger partial charge in [-0.25, -0.2) is 4.98 Å². The molecule has 2 heterocycles. The molecule has 0 aliphatic rings. The number of halogens is 1. The van der Waals surface area contributed by atoms with Crippen LogP contribution in [-0.4, -0.2) is 49.1 Å². The number of carbonyl (C=O) groups excluding carboxylic acids is 2. The molecule has 0 saturated carbocycles. The van der Waals surface area contributed by atoms with Gasteiger partial charge in [0, 0.05) is 34.1 Å². The maximum absolute atomic E-state index is 13.0. The molecule has 0 radical (unpaired) electrons. The number of aliphatic hydroxyl groups is 1. The molecule has 0 saturated heterocycles. The lowest BCUT2D eigenvalue weighted by atomic mass is 10.0. The number of methoxy groups -OCH3 is 2. The predicted molar refractivity (Wildman–Crippen MR) is 145 cm³/mol. The lowest BCUT2D eigenvalue weighted by molar-refractivity contribution is 0.0914. The molecule has 2 aromatic carbocycles. The summed E-state index contributed by atoms with van der Waals surface area (Å²) in [5.74, 6) is 0.831. The molecule has 0 amide bonds. The monoisotopic (exact) mass is 539 g/mol. The average molecular weight is 540 g/mol. The van der Waals surface area contributed by atoms with E-state index < -0.39 is 0 Å². The summed E-state index contributed by atoms with van der Waals surface area (Å²) in [7, 11) is 3.01. The molecule has 4 aromatic rings. The van der Waals surface area contributed by atoms with Crippen LogP contribution < -0.4 is 14.2 Å². The number of nitrogens with zero attached hydrogens (tertiary/aromatic N) is 1. The fourth-order valence-corrected chi connectivity index (χ4v) is 5.43. The lowest BCUT2D eigenvalue weighted by Crippen LogP contribution is -2.08. The van der Waals surface area contributed by atoms with E-state index in [1.165, 1.54) is 18.4 Å². The van der Waals surface area contributed by atoms with Crippen LogP contribution in [-0.2, 0) is 0 Å². The van der Waals surface area contributed by atoms with Gasteiger partial charge in [0.2, 0.25) is 0 Å². The largest absolute Gasteiger partial charge is 0.494 e. The van der Waals surface area contributed by atoms with Crippen LogP contribution in [0, 0.1) is 6.92 Å². The molecule has 0 fully saturated rings. The number of hydrogen-bond acceptors (Lipinski definition) is 8. The summed E-state index contributed by atoms with van der Waals surface area (Å²) >= 11 is 8.09. The van der Waals surface area contributed by atoms with Crippen molar-refractivity contribution in [2.45, 2.75) is 19.8 Å². The topological polar surface area (TPSA) is 95.0 Å². The summed E-state index contributed by atoms with van der Waals surface area (Å²) in [4.78, 5) is 30.5. The first-order valence-electron chi connectivity index (χ1n) is 11.6. The standard InChI is InChI=1S/C28H26ClNO6S/c1-16-5-4-6-18-25(28(29)37-27(16)18)26-23(34-2)12-8-19(30-26)21(33)10-9-20(32)17-7-11-22(36-14-13-31)24(15-17)35-3/h4-8,11-12,15,31H,9-10,13-14H2,1-3H3.